The van der Waals surface area contributed by atoms with E-state index in [2.05, 4.69) is 17.4 Å². The Hall–Kier alpha value is -1.54. The van der Waals surface area contributed by atoms with Gasteiger partial charge in [-0.15, -0.1) is 12.6 Å². The van der Waals surface area contributed by atoms with E-state index >= 15 is 0 Å². The van der Waals surface area contributed by atoms with Crippen LogP contribution in [-0.4, -0.2) is 12.6 Å². The van der Waals surface area contributed by atoms with Gasteiger partial charge in [0.1, 0.15) is 11.6 Å². The average Bonchev–Trinajstić information content (AvgIpc) is 2.18. The van der Waals surface area contributed by atoms with Crippen molar-refractivity contribution in [3.63, 3.8) is 0 Å². The van der Waals surface area contributed by atoms with E-state index in [1.807, 2.05) is 0 Å². The Labute approximate surface area is 91.9 Å². The minimum absolute atomic E-state index is 0.156. The van der Waals surface area contributed by atoms with Gasteiger partial charge < -0.3 is 4.74 Å². The molecule has 0 aliphatic rings. The number of hydrogen-bond donors (Lipinski definition) is 1. The standard InChI is InChI=1S/C10H8FNO2S/c1-2-14-10(13)6-3-4-8(15)7(5-12)9(6)11/h3-4,15H,2H2,1H3. The fraction of sp³-hybridized carbons (Fsp3) is 0.200. The van der Waals surface area contributed by atoms with Crippen LogP contribution in [0, 0.1) is 17.1 Å². The fourth-order valence-corrected chi connectivity index (χ4v) is 1.26. The van der Waals surface area contributed by atoms with E-state index in [1.54, 1.807) is 13.0 Å². The average molecular weight is 225 g/mol. The summed E-state index contributed by atoms with van der Waals surface area (Å²) < 4.78 is 18.2. The molecule has 5 heteroatoms. The summed E-state index contributed by atoms with van der Waals surface area (Å²) in [6.45, 7) is 1.77. The first-order valence-electron chi connectivity index (χ1n) is 4.20. The lowest BCUT2D eigenvalue weighted by Crippen LogP contribution is -2.08. The molecule has 0 heterocycles. The molecule has 0 radical (unpaired) electrons. The molecule has 0 atom stereocenters. The normalized spacial score (nSPS) is 9.47. The topological polar surface area (TPSA) is 50.1 Å². The highest BCUT2D eigenvalue weighted by molar-refractivity contribution is 7.80. The van der Waals surface area contributed by atoms with E-state index < -0.39 is 11.8 Å². The van der Waals surface area contributed by atoms with Crippen LogP contribution < -0.4 is 0 Å². The quantitative estimate of drug-likeness (QED) is 0.619. The largest absolute Gasteiger partial charge is 0.462 e. The van der Waals surface area contributed by atoms with Gasteiger partial charge in [-0.05, 0) is 19.1 Å². The summed E-state index contributed by atoms with van der Waals surface area (Å²) in [7, 11) is 0. The predicted octanol–water partition coefficient (Wildman–Crippen LogP) is 2.16. The van der Waals surface area contributed by atoms with Gasteiger partial charge in [0, 0.05) is 4.90 Å². The summed E-state index contributed by atoms with van der Waals surface area (Å²) in [5.41, 5.74) is -0.491. The second-order valence-corrected chi connectivity index (χ2v) is 3.14. The summed E-state index contributed by atoms with van der Waals surface area (Å²) in [4.78, 5) is 11.4. The van der Waals surface area contributed by atoms with Crippen LogP contribution in [0.2, 0.25) is 0 Å². The summed E-state index contributed by atoms with van der Waals surface area (Å²) in [6, 6.07) is 4.27. The van der Waals surface area contributed by atoms with Crippen LogP contribution in [0.3, 0.4) is 0 Å². The molecule has 0 aromatic heterocycles. The molecule has 0 saturated heterocycles. The van der Waals surface area contributed by atoms with Gasteiger partial charge >= 0.3 is 5.97 Å². The van der Waals surface area contributed by atoms with Crippen LogP contribution in [0.5, 0.6) is 0 Å². The number of benzene rings is 1. The zero-order valence-corrected chi connectivity index (χ0v) is 8.85. The summed E-state index contributed by atoms with van der Waals surface area (Å²) in [5, 5.41) is 8.64. The number of carbonyl (C=O) groups excluding carboxylic acids is 1. The lowest BCUT2D eigenvalue weighted by Gasteiger charge is -2.05. The number of thiol groups is 1. The Morgan fingerprint density at radius 2 is 2.33 bits per heavy atom. The van der Waals surface area contributed by atoms with Crippen LogP contribution in [0.1, 0.15) is 22.8 Å². The van der Waals surface area contributed by atoms with Crippen molar-refractivity contribution in [1.29, 1.82) is 5.26 Å². The lowest BCUT2D eigenvalue weighted by molar-refractivity contribution is 0.0521. The molecule has 0 aliphatic heterocycles. The maximum Gasteiger partial charge on any atom is 0.341 e. The molecule has 0 N–H and O–H groups in total. The van der Waals surface area contributed by atoms with Crippen molar-refractivity contribution in [2.45, 2.75) is 11.8 Å². The van der Waals surface area contributed by atoms with E-state index in [9.17, 15) is 9.18 Å². The van der Waals surface area contributed by atoms with Gasteiger partial charge in [-0.1, -0.05) is 0 Å². The second-order valence-electron chi connectivity index (χ2n) is 2.65. The molecule has 0 amide bonds. The number of nitrogens with zero attached hydrogens (tertiary/aromatic N) is 1. The van der Waals surface area contributed by atoms with E-state index in [0.29, 0.717) is 0 Å². The molecule has 0 aliphatic carbocycles. The number of hydrogen-bond acceptors (Lipinski definition) is 4. The molecule has 0 unspecified atom stereocenters. The van der Waals surface area contributed by atoms with Gasteiger partial charge in [0.15, 0.2) is 5.82 Å². The van der Waals surface area contributed by atoms with Crippen LogP contribution in [-0.2, 0) is 4.74 Å². The molecule has 0 bridgehead atoms. The van der Waals surface area contributed by atoms with Gasteiger partial charge in [-0.2, -0.15) is 5.26 Å². The predicted molar refractivity (Wildman–Crippen MR) is 54.3 cm³/mol. The van der Waals surface area contributed by atoms with Crippen molar-refractivity contribution < 1.29 is 13.9 Å². The Bertz CT molecular complexity index is 440. The molecule has 3 nitrogen and oxygen atoms in total. The maximum atomic E-state index is 13.5. The molecular formula is C10H8FNO2S. The van der Waals surface area contributed by atoms with E-state index in [1.165, 1.54) is 12.1 Å². The number of rotatable bonds is 2. The molecule has 0 fully saturated rings. The number of carbonyl (C=O) groups is 1. The van der Waals surface area contributed by atoms with Crippen LogP contribution in [0.15, 0.2) is 17.0 Å². The minimum atomic E-state index is -0.886. The lowest BCUT2D eigenvalue weighted by atomic mass is 10.1. The number of halogens is 1. The minimum Gasteiger partial charge on any atom is -0.462 e. The second kappa shape index (κ2) is 4.80. The third kappa shape index (κ3) is 2.28. The summed E-state index contributed by atoms with van der Waals surface area (Å²) >= 11 is 3.90. The SMILES string of the molecule is CCOC(=O)c1ccc(S)c(C#N)c1F. The number of nitriles is 1. The van der Waals surface area contributed by atoms with E-state index in [4.69, 9.17) is 5.26 Å². The Balaban J connectivity index is 3.23. The molecule has 1 aromatic rings. The number of esters is 1. The van der Waals surface area contributed by atoms with Gasteiger partial charge in [-0.3, -0.25) is 0 Å². The Kier molecular flexibility index (Phi) is 3.69. The van der Waals surface area contributed by atoms with Gasteiger partial charge in [0.2, 0.25) is 0 Å². The van der Waals surface area contributed by atoms with Crippen molar-refractivity contribution in [3.8, 4) is 6.07 Å². The molecule has 0 saturated carbocycles. The van der Waals surface area contributed by atoms with Crippen molar-refractivity contribution in [3.05, 3.63) is 29.1 Å². The summed E-state index contributed by atoms with van der Waals surface area (Å²) in [5.74, 6) is -1.66. The first-order valence-corrected chi connectivity index (χ1v) is 4.65. The molecule has 15 heavy (non-hydrogen) atoms. The monoisotopic (exact) mass is 225 g/mol. The van der Waals surface area contributed by atoms with Gasteiger partial charge in [0.05, 0.1) is 12.2 Å². The fourth-order valence-electron chi connectivity index (χ4n) is 1.04. The third-order valence-corrected chi connectivity index (χ3v) is 2.10. The van der Waals surface area contributed by atoms with E-state index in [-0.39, 0.29) is 22.6 Å². The first-order chi connectivity index (χ1) is 7.11. The molecule has 1 aromatic carbocycles. The van der Waals surface area contributed by atoms with Crippen molar-refractivity contribution >= 4 is 18.6 Å². The first kappa shape index (κ1) is 11.5. The zero-order chi connectivity index (χ0) is 11.4. The van der Waals surface area contributed by atoms with Crippen LogP contribution >= 0.6 is 12.6 Å². The Morgan fingerprint density at radius 3 is 2.87 bits per heavy atom. The van der Waals surface area contributed by atoms with Crippen molar-refractivity contribution in [1.82, 2.24) is 0 Å². The van der Waals surface area contributed by atoms with Crippen LogP contribution in [0.4, 0.5) is 4.39 Å². The van der Waals surface area contributed by atoms with Crippen molar-refractivity contribution in [2.24, 2.45) is 0 Å². The highest BCUT2D eigenvalue weighted by Crippen LogP contribution is 2.20. The van der Waals surface area contributed by atoms with Gasteiger partial charge in [0.25, 0.3) is 0 Å². The van der Waals surface area contributed by atoms with Crippen LogP contribution in [0.25, 0.3) is 0 Å². The Morgan fingerprint density at radius 1 is 1.67 bits per heavy atom. The highest BCUT2D eigenvalue weighted by atomic mass is 32.1. The zero-order valence-electron chi connectivity index (χ0n) is 7.95. The smallest absolute Gasteiger partial charge is 0.341 e. The number of ether oxygens (including phenoxy) is 1. The third-order valence-electron chi connectivity index (χ3n) is 1.73. The maximum absolute atomic E-state index is 13.5. The van der Waals surface area contributed by atoms with E-state index in [0.717, 1.165) is 0 Å². The highest BCUT2D eigenvalue weighted by Gasteiger charge is 2.17. The molecule has 78 valence electrons. The molecular weight excluding hydrogens is 217 g/mol. The molecule has 0 spiro atoms. The summed E-state index contributed by atoms with van der Waals surface area (Å²) in [6.07, 6.45) is 0. The van der Waals surface area contributed by atoms with Crippen molar-refractivity contribution in [2.75, 3.05) is 6.61 Å². The van der Waals surface area contributed by atoms with Gasteiger partial charge in [-0.25, -0.2) is 9.18 Å². The molecule has 1 rings (SSSR count).